The lowest BCUT2D eigenvalue weighted by Crippen LogP contribution is -2.61. The molecule has 2 aromatic carbocycles. The molecule has 0 bridgehead atoms. The molecule has 2 N–H and O–H groups in total. The van der Waals surface area contributed by atoms with Crippen LogP contribution in [0.2, 0.25) is 0 Å². The minimum atomic E-state index is -0.534. The number of ether oxygens (including phenoxy) is 1. The maximum atomic E-state index is 13.1. The fraction of sp³-hybridized carbons (Fsp3) is 0.320. The van der Waals surface area contributed by atoms with Gasteiger partial charge in [-0.2, -0.15) is 0 Å². The van der Waals surface area contributed by atoms with Gasteiger partial charge in [0.05, 0.1) is 12.6 Å². The minimum Gasteiger partial charge on any atom is -0.497 e. The summed E-state index contributed by atoms with van der Waals surface area (Å²) in [6, 6.07) is 16.8. The molecule has 0 spiro atoms. The largest absolute Gasteiger partial charge is 0.497 e. The Labute approximate surface area is 186 Å². The van der Waals surface area contributed by atoms with Gasteiger partial charge in [-0.05, 0) is 35.7 Å². The second-order valence-corrected chi connectivity index (χ2v) is 8.43. The van der Waals surface area contributed by atoms with E-state index < -0.39 is 12.1 Å². The lowest BCUT2D eigenvalue weighted by atomic mass is 10.0. The Hall–Kier alpha value is -3.45. The summed E-state index contributed by atoms with van der Waals surface area (Å²) < 4.78 is 5.19. The second kappa shape index (κ2) is 8.59. The summed E-state index contributed by atoms with van der Waals surface area (Å²) in [5, 5.41) is 7.57. The lowest BCUT2D eigenvalue weighted by molar-refractivity contribution is -0.147. The Bertz CT molecular complexity index is 1140. The molecule has 32 heavy (non-hydrogen) atoms. The number of hydrogen-bond donors (Lipinski definition) is 2. The van der Waals surface area contributed by atoms with Gasteiger partial charge < -0.3 is 20.3 Å². The van der Waals surface area contributed by atoms with Crippen molar-refractivity contribution in [3.63, 3.8) is 0 Å². The van der Waals surface area contributed by atoms with E-state index in [-0.39, 0.29) is 17.9 Å². The molecule has 0 aliphatic carbocycles. The molecule has 164 valence electrons. The van der Waals surface area contributed by atoms with Gasteiger partial charge in [0.1, 0.15) is 17.8 Å². The Balaban J connectivity index is 1.24. The lowest BCUT2D eigenvalue weighted by Gasteiger charge is -2.34. The van der Waals surface area contributed by atoms with Crippen LogP contribution in [-0.2, 0) is 22.6 Å². The summed E-state index contributed by atoms with van der Waals surface area (Å²) in [6.45, 7) is 1.18. The van der Waals surface area contributed by atoms with E-state index in [0.717, 1.165) is 27.8 Å². The van der Waals surface area contributed by atoms with Crippen LogP contribution in [0.15, 0.2) is 60.8 Å². The molecule has 5 rings (SSSR count). The van der Waals surface area contributed by atoms with Crippen molar-refractivity contribution in [1.82, 2.24) is 20.5 Å². The molecule has 2 aliphatic rings. The maximum Gasteiger partial charge on any atom is 0.246 e. The quantitative estimate of drug-likeness (QED) is 0.625. The third-order valence-electron chi connectivity index (χ3n) is 6.40. The summed E-state index contributed by atoms with van der Waals surface area (Å²) in [4.78, 5) is 32.1. The molecule has 0 unspecified atom stereocenters. The molecular formula is C25H26N4O3. The van der Waals surface area contributed by atoms with Gasteiger partial charge >= 0.3 is 0 Å². The highest BCUT2D eigenvalue weighted by Gasteiger charge is 2.46. The van der Waals surface area contributed by atoms with Crippen LogP contribution in [0.3, 0.4) is 0 Å². The van der Waals surface area contributed by atoms with Crippen molar-refractivity contribution in [2.75, 3.05) is 13.7 Å². The van der Waals surface area contributed by atoms with Crippen molar-refractivity contribution in [3.05, 3.63) is 71.9 Å². The predicted octanol–water partition coefficient (Wildman–Crippen LogP) is 2.04. The monoisotopic (exact) mass is 430 g/mol. The van der Waals surface area contributed by atoms with Gasteiger partial charge in [0.2, 0.25) is 11.8 Å². The van der Waals surface area contributed by atoms with Crippen molar-refractivity contribution >= 4 is 22.7 Å². The van der Waals surface area contributed by atoms with Gasteiger partial charge in [-0.3, -0.25) is 14.6 Å². The van der Waals surface area contributed by atoms with Crippen LogP contribution in [0.5, 0.6) is 5.75 Å². The number of aromatic nitrogens is 1. The summed E-state index contributed by atoms with van der Waals surface area (Å²) in [7, 11) is 1.62. The molecule has 7 heteroatoms. The van der Waals surface area contributed by atoms with E-state index >= 15 is 0 Å². The van der Waals surface area contributed by atoms with Crippen LogP contribution < -0.4 is 15.4 Å². The number of methoxy groups -OCH3 is 1. The Morgan fingerprint density at radius 3 is 2.75 bits per heavy atom. The summed E-state index contributed by atoms with van der Waals surface area (Å²) in [6.07, 6.45) is 2.89. The number of carbonyl (C=O) groups is 2. The Morgan fingerprint density at radius 2 is 1.94 bits per heavy atom. The number of rotatable bonds is 6. The summed E-state index contributed by atoms with van der Waals surface area (Å²) >= 11 is 0. The fourth-order valence-corrected chi connectivity index (χ4v) is 4.71. The molecule has 2 amide bonds. The molecule has 0 radical (unpaired) electrons. The van der Waals surface area contributed by atoms with Gasteiger partial charge in [-0.1, -0.05) is 36.4 Å². The second-order valence-electron chi connectivity index (χ2n) is 8.43. The van der Waals surface area contributed by atoms with Crippen molar-refractivity contribution in [2.24, 2.45) is 0 Å². The van der Waals surface area contributed by atoms with E-state index in [4.69, 9.17) is 4.74 Å². The van der Waals surface area contributed by atoms with Crippen LogP contribution in [0.25, 0.3) is 10.9 Å². The van der Waals surface area contributed by atoms with Crippen molar-refractivity contribution in [1.29, 1.82) is 0 Å². The Morgan fingerprint density at radius 1 is 1.12 bits per heavy atom. The molecule has 7 nitrogen and oxygen atoms in total. The number of nitrogens with zero attached hydrogens (tertiary/aromatic N) is 2. The fourth-order valence-electron chi connectivity index (χ4n) is 4.71. The molecule has 0 saturated carbocycles. The summed E-state index contributed by atoms with van der Waals surface area (Å²) in [5.74, 6) is 0.684. The van der Waals surface area contributed by atoms with E-state index in [1.807, 2.05) is 48.5 Å². The number of carbonyl (C=O) groups excluding carboxylic acids is 2. The smallest absolute Gasteiger partial charge is 0.246 e. The first-order valence-corrected chi connectivity index (χ1v) is 10.9. The number of pyridine rings is 1. The van der Waals surface area contributed by atoms with Gasteiger partial charge in [0, 0.05) is 37.1 Å². The van der Waals surface area contributed by atoms with Crippen LogP contribution in [-0.4, -0.2) is 53.5 Å². The predicted molar refractivity (Wildman–Crippen MR) is 121 cm³/mol. The third-order valence-corrected chi connectivity index (χ3v) is 6.40. The zero-order chi connectivity index (χ0) is 22.1. The number of amides is 2. The number of fused-ring (bicyclic) bond motifs is 2. The highest BCUT2D eigenvalue weighted by atomic mass is 16.5. The molecule has 3 heterocycles. The van der Waals surface area contributed by atoms with E-state index in [9.17, 15) is 9.59 Å². The standard InChI is InChI=1S/C25H26N4O3/c1-32-20-9-7-16(8-10-20)12-21-25(31)29-15-19(13-22(29)24(30)28-21)27-14-18-5-2-4-17-6-3-11-26-23(17)18/h2-11,19,21-22,27H,12-15H2,1H3,(H,28,30)/t19-,21-,22-/m0/s1. The highest BCUT2D eigenvalue weighted by Crippen LogP contribution is 2.25. The zero-order valence-electron chi connectivity index (χ0n) is 18.0. The van der Waals surface area contributed by atoms with Crippen molar-refractivity contribution in [3.8, 4) is 5.75 Å². The zero-order valence-corrected chi connectivity index (χ0v) is 18.0. The number of hydrogen-bond acceptors (Lipinski definition) is 5. The van der Waals surface area contributed by atoms with Crippen LogP contribution in [0.1, 0.15) is 17.5 Å². The Kier molecular flexibility index (Phi) is 5.49. The number of benzene rings is 2. The molecule has 2 fully saturated rings. The number of nitrogens with one attached hydrogen (secondary N) is 2. The molecule has 3 atom stereocenters. The van der Waals surface area contributed by atoms with Crippen LogP contribution >= 0.6 is 0 Å². The van der Waals surface area contributed by atoms with E-state index in [0.29, 0.717) is 25.9 Å². The van der Waals surface area contributed by atoms with Gasteiger partial charge in [-0.15, -0.1) is 0 Å². The molecule has 2 saturated heterocycles. The van der Waals surface area contributed by atoms with Crippen molar-refractivity contribution < 1.29 is 14.3 Å². The first-order chi connectivity index (χ1) is 15.6. The highest BCUT2D eigenvalue weighted by molar-refractivity contribution is 5.97. The number of piperazine rings is 1. The first kappa shape index (κ1) is 20.5. The minimum absolute atomic E-state index is 0.0125. The molecule has 2 aliphatic heterocycles. The number of para-hydroxylation sites is 1. The van der Waals surface area contributed by atoms with Gasteiger partial charge in [-0.25, -0.2) is 0 Å². The average Bonchev–Trinajstić information content (AvgIpc) is 3.27. The van der Waals surface area contributed by atoms with E-state index in [1.165, 1.54) is 0 Å². The van der Waals surface area contributed by atoms with E-state index in [1.54, 1.807) is 18.2 Å². The SMILES string of the molecule is COc1ccc(C[C@@H]2NC(=O)[C@@H]3C[C@H](NCc4cccc5cccnc45)CN3C2=O)cc1. The topological polar surface area (TPSA) is 83.6 Å². The summed E-state index contributed by atoms with van der Waals surface area (Å²) in [5.41, 5.74) is 3.08. The molecule has 1 aromatic heterocycles. The molecular weight excluding hydrogens is 404 g/mol. The molecule has 3 aromatic rings. The average molecular weight is 431 g/mol. The maximum absolute atomic E-state index is 13.1. The van der Waals surface area contributed by atoms with Crippen molar-refractivity contribution in [2.45, 2.75) is 37.5 Å². The normalized spacial score (nSPS) is 22.7. The van der Waals surface area contributed by atoms with Gasteiger partial charge in [0.25, 0.3) is 0 Å². The van der Waals surface area contributed by atoms with Crippen LogP contribution in [0, 0.1) is 0 Å². The first-order valence-electron chi connectivity index (χ1n) is 10.9. The van der Waals surface area contributed by atoms with Gasteiger partial charge in [0.15, 0.2) is 0 Å². The third kappa shape index (κ3) is 3.91. The van der Waals surface area contributed by atoms with Crippen LogP contribution in [0.4, 0.5) is 0 Å². The van der Waals surface area contributed by atoms with E-state index in [2.05, 4.69) is 21.7 Å².